The Morgan fingerprint density at radius 1 is 1.28 bits per heavy atom. The predicted octanol–water partition coefficient (Wildman–Crippen LogP) is 1.84. The van der Waals surface area contributed by atoms with Crippen molar-refractivity contribution in [2.45, 2.75) is 39.7 Å². The fraction of sp³-hybridized carbons (Fsp3) is 0.500. The number of amides is 3. The number of piperidine rings is 1. The van der Waals surface area contributed by atoms with Gasteiger partial charge < -0.3 is 15.5 Å². The van der Waals surface area contributed by atoms with E-state index in [1.54, 1.807) is 26.8 Å². The van der Waals surface area contributed by atoms with Crippen LogP contribution >= 0.6 is 0 Å². The van der Waals surface area contributed by atoms with Crippen LogP contribution in [0.25, 0.3) is 0 Å². The molecule has 1 saturated heterocycles. The third kappa shape index (κ3) is 5.01. The summed E-state index contributed by atoms with van der Waals surface area (Å²) in [4.78, 5) is 37.7. The summed E-state index contributed by atoms with van der Waals surface area (Å²) >= 11 is 0. The second-order valence-corrected chi connectivity index (χ2v) is 6.67. The first-order valence-electron chi connectivity index (χ1n) is 8.44. The van der Waals surface area contributed by atoms with Gasteiger partial charge in [-0.05, 0) is 37.5 Å². The van der Waals surface area contributed by atoms with Crippen LogP contribution in [0.15, 0.2) is 18.2 Å². The molecule has 1 fully saturated rings. The number of aryl methyl sites for hydroxylation is 1. The number of rotatable bonds is 3. The van der Waals surface area contributed by atoms with Crippen molar-refractivity contribution < 1.29 is 18.8 Å². The molecule has 6 nitrogen and oxygen atoms in total. The van der Waals surface area contributed by atoms with Crippen molar-refractivity contribution in [3.8, 4) is 0 Å². The van der Waals surface area contributed by atoms with E-state index in [1.807, 2.05) is 0 Å². The standard InChI is InChI=1S/C18H24FN3O3/c1-11(2)16(23)21-14-5-4-8-22(10-14)18(25)17(24)20-13-7-6-12(3)15(19)9-13/h6-7,9,11,14H,4-5,8,10H2,1-3H3,(H,20,24)(H,21,23)/t14-/m1/s1. The van der Waals surface area contributed by atoms with E-state index in [4.69, 9.17) is 0 Å². The largest absolute Gasteiger partial charge is 0.351 e. The van der Waals surface area contributed by atoms with Gasteiger partial charge in [0.25, 0.3) is 0 Å². The molecule has 2 N–H and O–H groups in total. The van der Waals surface area contributed by atoms with Gasteiger partial charge in [-0.1, -0.05) is 19.9 Å². The zero-order valence-corrected chi connectivity index (χ0v) is 14.8. The second kappa shape index (κ2) is 8.09. The third-order valence-corrected chi connectivity index (χ3v) is 4.20. The van der Waals surface area contributed by atoms with Gasteiger partial charge in [-0.2, -0.15) is 0 Å². The fourth-order valence-electron chi connectivity index (χ4n) is 2.65. The summed E-state index contributed by atoms with van der Waals surface area (Å²) in [6.45, 7) is 5.98. The monoisotopic (exact) mass is 349 g/mol. The molecule has 1 atom stereocenters. The Bertz CT molecular complexity index is 676. The summed E-state index contributed by atoms with van der Waals surface area (Å²) in [5.41, 5.74) is 0.701. The molecule has 1 aromatic carbocycles. The summed E-state index contributed by atoms with van der Waals surface area (Å²) in [6.07, 6.45) is 1.48. The van der Waals surface area contributed by atoms with Crippen LogP contribution in [0.2, 0.25) is 0 Å². The van der Waals surface area contributed by atoms with Gasteiger partial charge in [0, 0.05) is 30.7 Å². The van der Waals surface area contributed by atoms with E-state index < -0.39 is 17.6 Å². The number of hydrogen-bond acceptors (Lipinski definition) is 3. The molecule has 7 heteroatoms. The molecule has 0 unspecified atom stereocenters. The van der Waals surface area contributed by atoms with Crippen molar-refractivity contribution in [2.24, 2.45) is 5.92 Å². The Kier molecular flexibility index (Phi) is 6.12. The van der Waals surface area contributed by atoms with Crippen LogP contribution in [-0.4, -0.2) is 41.8 Å². The van der Waals surface area contributed by atoms with Crippen LogP contribution in [0, 0.1) is 18.7 Å². The molecule has 25 heavy (non-hydrogen) atoms. The van der Waals surface area contributed by atoms with E-state index in [2.05, 4.69) is 10.6 Å². The van der Waals surface area contributed by atoms with E-state index in [1.165, 1.54) is 17.0 Å². The minimum atomic E-state index is -0.806. The number of hydrogen-bond donors (Lipinski definition) is 2. The topological polar surface area (TPSA) is 78.5 Å². The maximum Gasteiger partial charge on any atom is 0.313 e. The molecule has 1 aliphatic heterocycles. The smallest absolute Gasteiger partial charge is 0.313 e. The van der Waals surface area contributed by atoms with Crippen LogP contribution in [0.1, 0.15) is 32.3 Å². The highest BCUT2D eigenvalue weighted by Gasteiger charge is 2.29. The molecule has 2 rings (SSSR count). The normalized spacial score (nSPS) is 17.3. The lowest BCUT2D eigenvalue weighted by Crippen LogP contribution is -2.52. The van der Waals surface area contributed by atoms with Crippen molar-refractivity contribution in [1.82, 2.24) is 10.2 Å². The first-order valence-corrected chi connectivity index (χ1v) is 8.44. The summed E-state index contributed by atoms with van der Waals surface area (Å²) in [5.74, 6) is -2.13. The van der Waals surface area contributed by atoms with Gasteiger partial charge in [0.2, 0.25) is 5.91 Å². The molecule has 0 aromatic heterocycles. The molecule has 1 aromatic rings. The van der Waals surface area contributed by atoms with Crippen molar-refractivity contribution in [3.63, 3.8) is 0 Å². The van der Waals surface area contributed by atoms with E-state index in [0.29, 0.717) is 25.1 Å². The average Bonchev–Trinajstić information content (AvgIpc) is 2.57. The lowest BCUT2D eigenvalue weighted by molar-refractivity contribution is -0.144. The first-order chi connectivity index (χ1) is 11.8. The van der Waals surface area contributed by atoms with Crippen LogP contribution in [0.5, 0.6) is 0 Å². The second-order valence-electron chi connectivity index (χ2n) is 6.67. The molecule has 1 aliphatic rings. The van der Waals surface area contributed by atoms with Gasteiger partial charge in [0.15, 0.2) is 0 Å². The number of likely N-dealkylation sites (tertiary alicyclic amines) is 1. The average molecular weight is 349 g/mol. The maximum absolute atomic E-state index is 13.5. The molecule has 0 saturated carbocycles. The minimum Gasteiger partial charge on any atom is -0.351 e. The molecule has 0 bridgehead atoms. The van der Waals surface area contributed by atoms with E-state index in [-0.39, 0.29) is 23.6 Å². The lowest BCUT2D eigenvalue weighted by atomic mass is 10.0. The lowest BCUT2D eigenvalue weighted by Gasteiger charge is -2.33. The number of carbonyl (C=O) groups excluding carboxylic acids is 3. The van der Waals surface area contributed by atoms with Crippen molar-refractivity contribution in [3.05, 3.63) is 29.6 Å². The summed E-state index contributed by atoms with van der Waals surface area (Å²) in [5, 5.41) is 5.31. The molecule has 0 aliphatic carbocycles. The van der Waals surface area contributed by atoms with E-state index in [0.717, 1.165) is 6.42 Å². The number of carbonyl (C=O) groups is 3. The maximum atomic E-state index is 13.5. The quantitative estimate of drug-likeness (QED) is 0.817. The minimum absolute atomic E-state index is 0.0705. The summed E-state index contributed by atoms with van der Waals surface area (Å²) in [7, 11) is 0. The van der Waals surface area contributed by atoms with Gasteiger partial charge in [0.1, 0.15) is 5.82 Å². The molecule has 0 spiro atoms. The van der Waals surface area contributed by atoms with Gasteiger partial charge >= 0.3 is 11.8 Å². The Labute approximate surface area is 146 Å². The Morgan fingerprint density at radius 3 is 2.64 bits per heavy atom. The number of nitrogens with one attached hydrogen (secondary N) is 2. The van der Waals surface area contributed by atoms with Gasteiger partial charge in [0.05, 0.1) is 0 Å². The number of benzene rings is 1. The molecule has 3 amide bonds. The molecule has 136 valence electrons. The zero-order chi connectivity index (χ0) is 18.6. The highest BCUT2D eigenvalue weighted by atomic mass is 19.1. The number of nitrogens with zero attached hydrogens (tertiary/aromatic N) is 1. The molecule has 0 radical (unpaired) electrons. The summed E-state index contributed by atoms with van der Waals surface area (Å²) < 4.78 is 13.5. The fourth-order valence-corrected chi connectivity index (χ4v) is 2.65. The highest BCUT2D eigenvalue weighted by Crippen LogP contribution is 2.15. The van der Waals surface area contributed by atoms with Gasteiger partial charge in [-0.3, -0.25) is 14.4 Å². The van der Waals surface area contributed by atoms with Crippen molar-refractivity contribution in [2.75, 3.05) is 18.4 Å². The summed E-state index contributed by atoms with van der Waals surface area (Å²) in [6, 6.07) is 4.11. The highest BCUT2D eigenvalue weighted by molar-refractivity contribution is 6.39. The van der Waals surface area contributed by atoms with Crippen LogP contribution in [-0.2, 0) is 14.4 Å². The van der Waals surface area contributed by atoms with Gasteiger partial charge in [-0.25, -0.2) is 4.39 Å². The van der Waals surface area contributed by atoms with Crippen LogP contribution < -0.4 is 10.6 Å². The molecule has 1 heterocycles. The van der Waals surface area contributed by atoms with Crippen LogP contribution in [0.4, 0.5) is 10.1 Å². The Balaban J connectivity index is 1.95. The zero-order valence-electron chi connectivity index (χ0n) is 14.8. The molecular weight excluding hydrogens is 325 g/mol. The van der Waals surface area contributed by atoms with Crippen molar-refractivity contribution in [1.29, 1.82) is 0 Å². The van der Waals surface area contributed by atoms with Crippen molar-refractivity contribution >= 4 is 23.4 Å². The van der Waals surface area contributed by atoms with E-state index >= 15 is 0 Å². The first kappa shape index (κ1) is 18.9. The predicted molar refractivity (Wildman–Crippen MR) is 92.3 cm³/mol. The number of anilines is 1. The number of halogens is 1. The van der Waals surface area contributed by atoms with Gasteiger partial charge in [-0.15, -0.1) is 0 Å². The Morgan fingerprint density at radius 2 is 2.00 bits per heavy atom. The third-order valence-electron chi connectivity index (χ3n) is 4.20. The molecular formula is C18H24FN3O3. The van der Waals surface area contributed by atoms with E-state index in [9.17, 15) is 18.8 Å². The van der Waals surface area contributed by atoms with Crippen LogP contribution in [0.3, 0.4) is 0 Å². The Hall–Kier alpha value is -2.44. The SMILES string of the molecule is Cc1ccc(NC(=O)C(=O)N2CCC[C@@H](NC(=O)C(C)C)C2)cc1F.